The molecule has 21 heavy (non-hydrogen) atoms. The van der Waals surface area contributed by atoms with Gasteiger partial charge in [0.15, 0.2) is 0 Å². The summed E-state index contributed by atoms with van der Waals surface area (Å²) < 4.78 is 18.5. The van der Waals surface area contributed by atoms with Gasteiger partial charge in [-0.15, -0.1) is 0 Å². The molecule has 6 aliphatic rings. The van der Waals surface area contributed by atoms with Crippen molar-refractivity contribution in [3.63, 3.8) is 0 Å². The van der Waals surface area contributed by atoms with Gasteiger partial charge in [0.05, 0.1) is 17.8 Å². The van der Waals surface area contributed by atoms with Crippen molar-refractivity contribution in [3.8, 4) is 0 Å². The Balaban J connectivity index is 1.51. The second kappa shape index (κ2) is 2.70. The number of fused-ring (bicyclic) bond motifs is 11. The van der Waals surface area contributed by atoms with Crippen molar-refractivity contribution < 1.29 is 14.2 Å². The summed E-state index contributed by atoms with van der Waals surface area (Å²) in [5.41, 5.74) is 3.07. The molecular weight excluding hydrogens is 264 g/mol. The normalized spacial score (nSPS) is 61.8. The summed E-state index contributed by atoms with van der Waals surface area (Å²) in [7, 11) is 0. The third kappa shape index (κ3) is 0.893. The fraction of sp³-hybridized carbons (Fsp3) is 0.667. The summed E-state index contributed by atoms with van der Waals surface area (Å²) in [5.74, 6) is 2.25. The predicted molar refractivity (Wildman–Crippen MR) is 74.1 cm³/mol. The molecule has 0 aromatic heterocycles. The molecule has 1 aromatic carbocycles. The largest absolute Gasteiger partial charge is 0.366 e. The molecule has 1 unspecified atom stereocenters. The molecule has 0 radical (unpaired) electrons. The van der Waals surface area contributed by atoms with Crippen molar-refractivity contribution in [2.45, 2.75) is 61.3 Å². The van der Waals surface area contributed by atoms with Gasteiger partial charge in [0.1, 0.15) is 17.8 Å². The van der Waals surface area contributed by atoms with E-state index in [1.165, 1.54) is 11.1 Å². The maximum Gasteiger partial charge on any atom is 0.113 e. The van der Waals surface area contributed by atoms with Gasteiger partial charge in [0.25, 0.3) is 0 Å². The van der Waals surface area contributed by atoms with Crippen LogP contribution < -0.4 is 0 Å². The molecular formula is C18H18O3. The van der Waals surface area contributed by atoms with Crippen molar-refractivity contribution in [1.82, 2.24) is 0 Å². The summed E-state index contributed by atoms with van der Waals surface area (Å²) in [6, 6.07) is 9.02. The van der Waals surface area contributed by atoms with Gasteiger partial charge in [-0.1, -0.05) is 24.3 Å². The molecule has 3 heterocycles. The summed E-state index contributed by atoms with van der Waals surface area (Å²) in [6.45, 7) is 4.54. The van der Waals surface area contributed by atoms with Crippen LogP contribution in [0.5, 0.6) is 0 Å². The molecule has 3 aliphatic heterocycles. The van der Waals surface area contributed by atoms with E-state index in [1.54, 1.807) is 0 Å². The number of hydrogen-bond donors (Lipinski definition) is 0. The van der Waals surface area contributed by atoms with Crippen molar-refractivity contribution in [3.05, 3.63) is 35.4 Å². The van der Waals surface area contributed by atoms with Crippen LogP contribution in [0.2, 0.25) is 0 Å². The average molecular weight is 282 g/mol. The SMILES string of the molecule is CC1(C)OC12[C@H]1c3ccccc3[C@H]2[C@@H]2[C@@H]3O[C@H]3[C@H]3O[C@H]3[C@H]21. The maximum atomic E-state index is 6.44. The Morgan fingerprint density at radius 2 is 1.29 bits per heavy atom. The number of hydrogen-bond acceptors (Lipinski definition) is 3. The molecule has 9 atom stereocenters. The minimum absolute atomic E-state index is 0.00648. The standard InChI is InChI=1S/C18H18O3/c1-17(2)18(21-17)11-7-5-3-4-6-8(7)12(18)10-9(11)13-15(19-13)16-14(10)20-16/h3-6,9-16H,1-2H3/t9-,10-,11+,12+,13+,14+,15-,16+,18?/m1/s1. The third-order valence-corrected chi connectivity index (χ3v) is 7.33. The first kappa shape index (κ1) is 10.8. The van der Waals surface area contributed by atoms with Crippen LogP contribution in [0, 0.1) is 11.8 Å². The van der Waals surface area contributed by atoms with Crippen LogP contribution in [-0.4, -0.2) is 35.6 Å². The number of ether oxygens (including phenoxy) is 3. The minimum atomic E-state index is -0.00648. The molecule has 3 nitrogen and oxygen atoms in total. The number of epoxide rings is 3. The highest BCUT2D eigenvalue weighted by atomic mass is 16.7. The van der Waals surface area contributed by atoms with E-state index >= 15 is 0 Å². The van der Waals surface area contributed by atoms with Crippen LogP contribution in [0.15, 0.2) is 24.3 Å². The van der Waals surface area contributed by atoms with Crippen molar-refractivity contribution >= 4 is 0 Å². The Kier molecular flexibility index (Phi) is 1.39. The van der Waals surface area contributed by atoms with Gasteiger partial charge in [-0.2, -0.15) is 0 Å². The summed E-state index contributed by atoms with van der Waals surface area (Å²) in [4.78, 5) is 0. The summed E-state index contributed by atoms with van der Waals surface area (Å²) in [6.07, 6.45) is 1.64. The second-order valence-electron chi connectivity index (χ2n) is 8.28. The van der Waals surface area contributed by atoms with Crippen LogP contribution in [0.1, 0.15) is 36.8 Å². The first-order valence-electron chi connectivity index (χ1n) is 8.25. The van der Waals surface area contributed by atoms with Gasteiger partial charge in [-0.25, -0.2) is 0 Å². The monoisotopic (exact) mass is 282 g/mol. The molecule has 108 valence electrons. The highest BCUT2D eigenvalue weighted by Crippen LogP contribution is 2.81. The van der Waals surface area contributed by atoms with E-state index in [0.29, 0.717) is 48.1 Å². The van der Waals surface area contributed by atoms with E-state index in [1.807, 2.05) is 0 Å². The van der Waals surface area contributed by atoms with Crippen molar-refractivity contribution in [2.75, 3.05) is 0 Å². The third-order valence-electron chi connectivity index (χ3n) is 7.33. The Bertz CT molecular complexity index is 661. The lowest BCUT2D eigenvalue weighted by atomic mass is 9.69. The molecule has 0 amide bonds. The summed E-state index contributed by atoms with van der Waals surface area (Å²) in [5, 5.41) is 0. The molecule has 1 spiro atoms. The first-order valence-corrected chi connectivity index (χ1v) is 8.25. The van der Waals surface area contributed by atoms with Crippen molar-refractivity contribution in [2.24, 2.45) is 11.8 Å². The maximum absolute atomic E-state index is 6.44. The smallest absolute Gasteiger partial charge is 0.113 e. The molecule has 2 saturated carbocycles. The van der Waals surface area contributed by atoms with E-state index in [9.17, 15) is 0 Å². The molecule has 0 N–H and O–H groups in total. The van der Waals surface area contributed by atoms with Gasteiger partial charge in [0.2, 0.25) is 0 Å². The lowest BCUT2D eigenvalue weighted by Crippen LogP contribution is -2.36. The van der Waals surface area contributed by atoms with Gasteiger partial charge in [-0.05, 0) is 25.0 Å². The zero-order chi connectivity index (χ0) is 13.7. The number of benzene rings is 1. The molecule has 3 aliphatic carbocycles. The van der Waals surface area contributed by atoms with Crippen molar-refractivity contribution in [1.29, 1.82) is 0 Å². The highest BCUT2D eigenvalue weighted by molar-refractivity contribution is 5.56. The van der Waals surface area contributed by atoms with Crippen LogP contribution in [-0.2, 0) is 14.2 Å². The Labute approximate surface area is 123 Å². The molecule has 2 bridgehead atoms. The molecule has 3 heteroatoms. The Morgan fingerprint density at radius 3 is 1.71 bits per heavy atom. The topological polar surface area (TPSA) is 37.6 Å². The van der Waals surface area contributed by atoms with E-state index in [-0.39, 0.29) is 11.2 Å². The zero-order valence-corrected chi connectivity index (χ0v) is 12.2. The van der Waals surface area contributed by atoms with Crippen LogP contribution in [0.4, 0.5) is 0 Å². The quantitative estimate of drug-likeness (QED) is 0.685. The lowest BCUT2D eigenvalue weighted by molar-refractivity contribution is 0.195. The number of rotatable bonds is 0. The van der Waals surface area contributed by atoms with Crippen LogP contribution in [0.3, 0.4) is 0 Å². The van der Waals surface area contributed by atoms with E-state index in [2.05, 4.69) is 38.1 Å². The predicted octanol–water partition coefficient (Wildman–Crippen LogP) is 2.21. The van der Waals surface area contributed by atoms with Crippen LogP contribution in [0.25, 0.3) is 0 Å². The first-order chi connectivity index (χ1) is 10.2. The highest BCUT2D eigenvalue weighted by Gasteiger charge is 2.87. The molecule has 3 saturated heterocycles. The second-order valence-corrected chi connectivity index (χ2v) is 8.28. The molecule has 7 rings (SSSR count). The van der Waals surface area contributed by atoms with Gasteiger partial charge in [0, 0.05) is 23.7 Å². The Morgan fingerprint density at radius 1 is 0.810 bits per heavy atom. The van der Waals surface area contributed by atoms with Gasteiger partial charge < -0.3 is 14.2 Å². The minimum Gasteiger partial charge on any atom is -0.366 e. The molecule has 1 aromatic rings. The fourth-order valence-corrected chi connectivity index (χ4v) is 6.67. The molecule has 5 fully saturated rings. The van der Waals surface area contributed by atoms with E-state index in [0.717, 1.165) is 0 Å². The summed E-state index contributed by atoms with van der Waals surface area (Å²) >= 11 is 0. The van der Waals surface area contributed by atoms with E-state index in [4.69, 9.17) is 14.2 Å². The fourth-order valence-electron chi connectivity index (χ4n) is 6.67. The van der Waals surface area contributed by atoms with Gasteiger partial charge >= 0.3 is 0 Å². The van der Waals surface area contributed by atoms with Crippen LogP contribution >= 0.6 is 0 Å². The average Bonchev–Trinajstić information content (AvgIpc) is 3.34. The van der Waals surface area contributed by atoms with E-state index < -0.39 is 0 Å². The lowest BCUT2D eigenvalue weighted by Gasteiger charge is -2.31. The van der Waals surface area contributed by atoms with Gasteiger partial charge in [-0.3, -0.25) is 0 Å². The zero-order valence-electron chi connectivity index (χ0n) is 12.2. The Hall–Kier alpha value is -0.900.